The van der Waals surface area contributed by atoms with E-state index in [9.17, 15) is 14.7 Å². The normalized spacial score (nSPS) is 12.0. The number of aliphatic hydroxyl groups excluding tert-OH is 1. The molecule has 0 radical (unpaired) electrons. The van der Waals surface area contributed by atoms with Gasteiger partial charge in [0.2, 0.25) is 6.04 Å². The molecule has 0 spiro atoms. The van der Waals surface area contributed by atoms with E-state index in [-0.39, 0.29) is 30.6 Å². The van der Waals surface area contributed by atoms with Crippen molar-refractivity contribution in [2.75, 3.05) is 19.7 Å². The fraction of sp³-hybridized carbons (Fsp3) is 0.946. The maximum Gasteiger partial charge on any atom is 0.205 e. The van der Waals surface area contributed by atoms with Crippen LogP contribution in [0.25, 0.3) is 0 Å². The van der Waals surface area contributed by atoms with Crippen LogP contribution < -0.4 is 17.3 Å². The van der Waals surface area contributed by atoms with Crippen LogP contribution in [0.15, 0.2) is 0 Å². The van der Waals surface area contributed by atoms with Crippen LogP contribution in [0, 0.1) is 0 Å². The number of hydrogen-bond donors (Lipinski definition) is 2. The molecule has 0 aliphatic rings. The number of nitrogens with one attached hydrogen (secondary N) is 1. The van der Waals surface area contributed by atoms with Crippen LogP contribution >= 0.6 is 0 Å². The summed E-state index contributed by atoms with van der Waals surface area (Å²) >= 11 is 0. The highest BCUT2D eigenvalue weighted by molar-refractivity contribution is 6.04. The predicted molar refractivity (Wildman–Crippen MR) is 178 cm³/mol. The van der Waals surface area contributed by atoms with Crippen LogP contribution in [0.3, 0.4) is 0 Å². The first-order chi connectivity index (χ1) is 20.1. The van der Waals surface area contributed by atoms with Crippen molar-refractivity contribution in [1.82, 2.24) is 0 Å². The van der Waals surface area contributed by atoms with Crippen molar-refractivity contribution in [3.63, 3.8) is 0 Å². The van der Waals surface area contributed by atoms with Crippen molar-refractivity contribution in [3.05, 3.63) is 0 Å². The van der Waals surface area contributed by atoms with Gasteiger partial charge in [-0.3, -0.25) is 9.59 Å². The quantitative estimate of drug-likeness (QED) is 0.0654. The summed E-state index contributed by atoms with van der Waals surface area (Å²) in [5, 5.41) is 9.53. The summed E-state index contributed by atoms with van der Waals surface area (Å²) in [5.74, 6) is 0.219. The molecule has 0 fully saturated rings. The second kappa shape index (κ2) is 35.0. The molecule has 42 heavy (non-hydrogen) atoms. The molecule has 5 heteroatoms. The van der Waals surface area contributed by atoms with E-state index < -0.39 is 6.04 Å². The summed E-state index contributed by atoms with van der Waals surface area (Å²) in [6, 6.07) is -0.568. The van der Waals surface area contributed by atoms with Crippen molar-refractivity contribution in [2.24, 2.45) is 0 Å². The molecule has 0 aromatic heterocycles. The highest BCUT2D eigenvalue weighted by atomic mass is 35.5. The number of hydrogen-bond acceptors (Lipinski definition) is 3. The van der Waals surface area contributed by atoms with E-state index in [0.29, 0.717) is 25.9 Å². The zero-order chi connectivity index (χ0) is 30.2. The molecule has 0 heterocycles. The summed E-state index contributed by atoms with van der Waals surface area (Å²) in [5.41, 5.74) is 0. The third-order valence-corrected chi connectivity index (χ3v) is 8.99. The number of likely N-dealkylation sites (N-methyl/N-ethyl adjacent to an activating group) is 1. The predicted octanol–water partition coefficient (Wildman–Crippen LogP) is 6.36. The Morgan fingerprint density at radius 2 is 0.738 bits per heavy atom. The number of Topliss-reactive ketones (excluding diaryl/α,β-unsaturated/α-hetero) is 2. The van der Waals surface area contributed by atoms with Crippen LogP contribution in [-0.4, -0.2) is 42.4 Å². The molecule has 1 atom stereocenters. The lowest BCUT2D eigenvalue weighted by molar-refractivity contribution is -0.905. The van der Waals surface area contributed by atoms with Gasteiger partial charge >= 0.3 is 0 Å². The molecule has 0 saturated heterocycles. The highest BCUT2D eigenvalue weighted by Crippen LogP contribution is 2.15. The molecule has 0 aromatic rings. The first-order valence-electron chi connectivity index (χ1n) is 18.6. The number of rotatable bonds is 34. The molecule has 0 aliphatic carbocycles. The maximum absolute atomic E-state index is 13.2. The lowest BCUT2D eigenvalue weighted by atomic mass is 9.96. The molecule has 2 N–H and O–H groups in total. The van der Waals surface area contributed by atoms with Gasteiger partial charge in [0, 0.05) is 12.8 Å². The van der Waals surface area contributed by atoms with Crippen LogP contribution in [0.2, 0.25) is 0 Å². The van der Waals surface area contributed by atoms with Crippen molar-refractivity contribution >= 4 is 11.6 Å². The Balaban J connectivity index is 0. The maximum atomic E-state index is 13.2. The lowest BCUT2D eigenvalue weighted by Crippen LogP contribution is -3.18. The number of ketones is 2. The highest BCUT2D eigenvalue weighted by Gasteiger charge is 2.34. The van der Waals surface area contributed by atoms with Crippen LogP contribution in [-0.2, 0) is 9.59 Å². The molecular formula is C37H74ClNO3. The minimum Gasteiger partial charge on any atom is -1.00 e. The lowest BCUT2D eigenvalue weighted by Gasteiger charge is -2.25. The summed E-state index contributed by atoms with van der Waals surface area (Å²) in [6.45, 7) is 7.78. The van der Waals surface area contributed by atoms with Gasteiger partial charge in [0.1, 0.15) is 6.54 Å². The average molecular weight is 616 g/mol. The SMILES string of the molecule is CCCCCCCCCCCCCCCC(=O)C(C(=O)CCCCCCCCCCCCCCC)[NH+](CC)CCO.[Cl-]. The zero-order valence-corrected chi connectivity index (χ0v) is 29.4. The van der Waals surface area contributed by atoms with Crippen LogP contribution in [0.4, 0.5) is 0 Å². The summed E-state index contributed by atoms with van der Waals surface area (Å²) in [7, 11) is 0. The molecule has 4 nitrogen and oxygen atoms in total. The number of quaternary nitrogens is 1. The van der Waals surface area contributed by atoms with Crippen molar-refractivity contribution in [2.45, 2.75) is 207 Å². The Labute approximate surface area is 269 Å². The summed E-state index contributed by atoms with van der Waals surface area (Å²) < 4.78 is 0. The fourth-order valence-electron chi connectivity index (χ4n) is 6.23. The molecule has 252 valence electrons. The van der Waals surface area contributed by atoms with E-state index in [1.807, 2.05) is 6.92 Å². The third kappa shape index (κ3) is 27.1. The molecule has 0 saturated carbocycles. The number of unbranched alkanes of at least 4 members (excludes halogenated alkanes) is 24. The molecular weight excluding hydrogens is 542 g/mol. The van der Waals surface area contributed by atoms with Gasteiger partial charge < -0.3 is 22.4 Å². The molecule has 0 rings (SSSR count). The van der Waals surface area contributed by atoms with Gasteiger partial charge in [-0.2, -0.15) is 0 Å². The third-order valence-electron chi connectivity index (χ3n) is 8.99. The van der Waals surface area contributed by atoms with E-state index in [4.69, 9.17) is 0 Å². The molecule has 0 aromatic carbocycles. The molecule has 0 bridgehead atoms. The Morgan fingerprint density at radius 1 is 0.476 bits per heavy atom. The smallest absolute Gasteiger partial charge is 0.205 e. The Bertz CT molecular complexity index is 529. The number of carbonyl (C=O) groups excluding carboxylic acids is 2. The monoisotopic (exact) mass is 616 g/mol. The summed E-state index contributed by atoms with van der Waals surface area (Å²) in [6.07, 6.45) is 34.6. The van der Waals surface area contributed by atoms with Gasteiger partial charge in [-0.15, -0.1) is 0 Å². The second-order valence-corrected chi connectivity index (χ2v) is 12.8. The second-order valence-electron chi connectivity index (χ2n) is 12.8. The van der Waals surface area contributed by atoms with Gasteiger partial charge in [-0.1, -0.05) is 168 Å². The van der Waals surface area contributed by atoms with Crippen molar-refractivity contribution in [3.8, 4) is 0 Å². The number of halogens is 1. The first-order valence-corrected chi connectivity index (χ1v) is 18.6. The average Bonchev–Trinajstić information content (AvgIpc) is 2.97. The minimum atomic E-state index is -0.568. The summed E-state index contributed by atoms with van der Waals surface area (Å²) in [4.78, 5) is 27.3. The van der Waals surface area contributed by atoms with Gasteiger partial charge in [-0.05, 0) is 19.8 Å². The van der Waals surface area contributed by atoms with E-state index in [0.717, 1.165) is 30.6 Å². The standard InChI is InChI=1S/C37H73NO3.ClH/c1-4-7-9-11-13-15-17-19-21-23-25-27-29-31-35(40)37(38(6-3)33-34-39)36(41)32-30-28-26-24-22-20-18-16-14-12-10-8-5-2;/h37,39H,4-34H2,1-3H3;1H. The van der Waals surface area contributed by atoms with E-state index in [1.165, 1.54) is 141 Å². The molecule has 1 unspecified atom stereocenters. The Hall–Kier alpha value is -0.450. The minimum absolute atomic E-state index is 0. The van der Waals surface area contributed by atoms with Gasteiger partial charge in [0.25, 0.3) is 0 Å². The molecule has 0 aliphatic heterocycles. The van der Waals surface area contributed by atoms with Gasteiger partial charge in [-0.25, -0.2) is 0 Å². The zero-order valence-electron chi connectivity index (χ0n) is 28.6. The topological polar surface area (TPSA) is 58.8 Å². The van der Waals surface area contributed by atoms with Gasteiger partial charge in [0.05, 0.1) is 13.2 Å². The first kappa shape index (κ1) is 43.7. The fourth-order valence-corrected chi connectivity index (χ4v) is 6.23. The van der Waals surface area contributed by atoms with Crippen molar-refractivity contribution < 1.29 is 32.0 Å². The number of carbonyl (C=O) groups is 2. The number of aliphatic hydroxyl groups is 1. The van der Waals surface area contributed by atoms with Crippen LogP contribution in [0.5, 0.6) is 0 Å². The molecule has 0 amide bonds. The Morgan fingerprint density at radius 3 is 0.976 bits per heavy atom. The van der Waals surface area contributed by atoms with E-state index in [2.05, 4.69) is 13.8 Å². The Kier molecular flexibility index (Phi) is 36.4. The largest absolute Gasteiger partial charge is 1.00 e. The van der Waals surface area contributed by atoms with Gasteiger partial charge in [0.15, 0.2) is 11.6 Å². The van der Waals surface area contributed by atoms with E-state index >= 15 is 0 Å². The van der Waals surface area contributed by atoms with E-state index in [1.54, 1.807) is 0 Å². The van der Waals surface area contributed by atoms with Crippen LogP contribution in [0.1, 0.15) is 201 Å². The van der Waals surface area contributed by atoms with Crippen molar-refractivity contribution in [1.29, 1.82) is 0 Å².